The van der Waals surface area contributed by atoms with Crippen molar-refractivity contribution in [2.45, 2.75) is 37.4 Å². The Kier molecular flexibility index (Phi) is 5.46. The van der Waals surface area contributed by atoms with E-state index in [0.717, 1.165) is 36.1 Å². The van der Waals surface area contributed by atoms with Crippen LogP contribution in [0.3, 0.4) is 0 Å². The number of hydrogen-bond acceptors (Lipinski definition) is 5. The van der Waals surface area contributed by atoms with Crippen LogP contribution in [0.25, 0.3) is 10.2 Å². The lowest BCUT2D eigenvalue weighted by atomic mass is 9.97. The first kappa shape index (κ1) is 19.1. The highest BCUT2D eigenvalue weighted by atomic mass is 32.2. The molecule has 2 heterocycles. The van der Waals surface area contributed by atoms with Crippen LogP contribution in [0.2, 0.25) is 0 Å². The Labute approximate surface area is 170 Å². The van der Waals surface area contributed by atoms with Crippen LogP contribution < -0.4 is 5.56 Å². The maximum atomic E-state index is 13.9. The Balaban J connectivity index is 1.71. The summed E-state index contributed by atoms with van der Waals surface area (Å²) in [6.45, 7) is 4.06. The highest BCUT2D eigenvalue weighted by Crippen LogP contribution is 2.34. The third kappa shape index (κ3) is 3.44. The molecule has 1 aliphatic carbocycles. The second-order valence-corrected chi connectivity index (χ2v) is 8.71. The van der Waals surface area contributed by atoms with Crippen LogP contribution in [-0.2, 0) is 19.4 Å². The fourth-order valence-electron chi connectivity index (χ4n) is 3.52. The third-order valence-corrected chi connectivity index (χ3v) is 7.02. The molecule has 3 aromatic rings. The average molecular weight is 415 g/mol. The summed E-state index contributed by atoms with van der Waals surface area (Å²) in [6, 6.07) is 5.93. The van der Waals surface area contributed by atoms with Crippen molar-refractivity contribution in [2.75, 3.05) is 5.75 Å². The molecule has 4 rings (SSSR count). The molecule has 0 saturated heterocycles. The molecule has 2 aromatic heterocycles. The van der Waals surface area contributed by atoms with Gasteiger partial charge >= 0.3 is 0 Å². The zero-order chi connectivity index (χ0) is 19.7. The molecule has 7 heteroatoms. The molecule has 0 fully saturated rings. The van der Waals surface area contributed by atoms with Crippen LogP contribution in [0, 0.1) is 5.82 Å². The lowest BCUT2D eigenvalue weighted by Gasteiger charge is -2.12. The number of aromatic nitrogens is 2. The van der Waals surface area contributed by atoms with Gasteiger partial charge in [-0.05, 0) is 43.4 Å². The summed E-state index contributed by atoms with van der Waals surface area (Å²) in [5.74, 6) is -0.847. The molecule has 0 saturated carbocycles. The van der Waals surface area contributed by atoms with Gasteiger partial charge in [-0.2, -0.15) is 0 Å². The molecule has 0 aliphatic heterocycles. The average Bonchev–Trinajstić information content (AvgIpc) is 3.07. The van der Waals surface area contributed by atoms with Crippen molar-refractivity contribution < 1.29 is 9.18 Å². The van der Waals surface area contributed by atoms with Crippen molar-refractivity contribution in [3.63, 3.8) is 0 Å². The Morgan fingerprint density at radius 1 is 1.32 bits per heavy atom. The van der Waals surface area contributed by atoms with Crippen LogP contribution >= 0.6 is 23.1 Å². The number of ketones is 1. The van der Waals surface area contributed by atoms with E-state index in [1.807, 2.05) is 0 Å². The molecule has 1 aliphatic rings. The van der Waals surface area contributed by atoms with Crippen LogP contribution in [-0.4, -0.2) is 21.1 Å². The highest BCUT2D eigenvalue weighted by molar-refractivity contribution is 7.99. The van der Waals surface area contributed by atoms with Gasteiger partial charge in [-0.1, -0.05) is 30.0 Å². The van der Waals surface area contributed by atoms with Crippen LogP contribution in [0.1, 0.15) is 33.6 Å². The lowest BCUT2D eigenvalue weighted by molar-refractivity contribution is 0.101. The first-order valence-corrected chi connectivity index (χ1v) is 11.0. The second kappa shape index (κ2) is 8.01. The summed E-state index contributed by atoms with van der Waals surface area (Å²) >= 11 is 2.75. The zero-order valence-corrected chi connectivity index (χ0v) is 16.9. The van der Waals surface area contributed by atoms with Gasteiger partial charge in [-0.3, -0.25) is 14.2 Å². The summed E-state index contributed by atoms with van der Waals surface area (Å²) in [5, 5.41) is 1.19. The van der Waals surface area contributed by atoms with Gasteiger partial charge in [0.1, 0.15) is 10.6 Å². The number of Topliss-reactive ketones (excluding diaryl/α,β-unsaturated/α-hetero) is 1. The van der Waals surface area contributed by atoms with Crippen LogP contribution in [0.5, 0.6) is 0 Å². The van der Waals surface area contributed by atoms with E-state index in [0.29, 0.717) is 17.1 Å². The quantitative estimate of drug-likeness (QED) is 0.255. The molecular formula is C21H19FN2O2S2. The number of allylic oxidation sites excluding steroid dienone is 1. The van der Waals surface area contributed by atoms with E-state index in [1.165, 1.54) is 28.8 Å². The fraction of sp³-hybridized carbons (Fsp3) is 0.286. The number of rotatable bonds is 6. The maximum absolute atomic E-state index is 13.9. The Bertz CT molecular complexity index is 1130. The smallest absolute Gasteiger partial charge is 0.263 e. The summed E-state index contributed by atoms with van der Waals surface area (Å²) in [6.07, 6.45) is 5.79. The van der Waals surface area contributed by atoms with Gasteiger partial charge in [0.2, 0.25) is 0 Å². The number of thiophene rings is 1. The topological polar surface area (TPSA) is 52.0 Å². The number of halogens is 1. The second-order valence-electron chi connectivity index (χ2n) is 6.68. The first-order valence-electron chi connectivity index (χ1n) is 9.16. The van der Waals surface area contributed by atoms with Gasteiger partial charge in [0, 0.05) is 11.4 Å². The summed E-state index contributed by atoms with van der Waals surface area (Å²) in [4.78, 5) is 32.3. The molecular weight excluding hydrogens is 395 g/mol. The first-order chi connectivity index (χ1) is 13.6. The minimum atomic E-state index is -0.536. The molecule has 0 bridgehead atoms. The number of hydrogen-bond donors (Lipinski definition) is 0. The maximum Gasteiger partial charge on any atom is 0.263 e. The normalized spacial score (nSPS) is 13.5. The molecule has 1 aromatic carbocycles. The Hall–Kier alpha value is -2.25. The minimum Gasteiger partial charge on any atom is -0.293 e. The van der Waals surface area contributed by atoms with Crippen LogP contribution in [0.4, 0.5) is 4.39 Å². The Morgan fingerprint density at radius 3 is 2.89 bits per heavy atom. The van der Waals surface area contributed by atoms with E-state index >= 15 is 0 Å². The van der Waals surface area contributed by atoms with Crippen molar-refractivity contribution in [3.05, 3.63) is 69.1 Å². The molecule has 0 N–H and O–H groups in total. The van der Waals surface area contributed by atoms with Gasteiger partial charge in [0.05, 0.1) is 16.7 Å². The third-order valence-electron chi connectivity index (χ3n) is 4.86. The van der Waals surface area contributed by atoms with Crippen molar-refractivity contribution >= 4 is 39.1 Å². The standard InChI is InChI=1S/C21H19FN2O2S2/c1-2-11-24-20(26)18-14-8-4-6-10-17(14)28-19(18)23-21(24)27-12-16(25)13-7-3-5-9-15(13)22/h2-3,5,7,9H,1,4,6,8,10-12H2. The van der Waals surface area contributed by atoms with Gasteiger partial charge < -0.3 is 0 Å². The predicted octanol–water partition coefficient (Wildman–Crippen LogP) is 4.64. The van der Waals surface area contributed by atoms with E-state index < -0.39 is 5.82 Å². The van der Waals surface area contributed by atoms with E-state index in [1.54, 1.807) is 34.1 Å². The molecule has 4 nitrogen and oxygen atoms in total. The van der Waals surface area contributed by atoms with E-state index in [-0.39, 0.29) is 22.7 Å². The largest absolute Gasteiger partial charge is 0.293 e. The summed E-state index contributed by atoms with van der Waals surface area (Å²) in [7, 11) is 0. The lowest BCUT2D eigenvalue weighted by Crippen LogP contribution is -2.23. The minimum absolute atomic E-state index is 0.0150. The van der Waals surface area contributed by atoms with Gasteiger partial charge in [-0.15, -0.1) is 17.9 Å². The van der Waals surface area contributed by atoms with Crippen molar-refractivity contribution in [3.8, 4) is 0 Å². The number of thioether (sulfide) groups is 1. The van der Waals surface area contributed by atoms with Gasteiger partial charge in [-0.25, -0.2) is 9.37 Å². The van der Waals surface area contributed by atoms with Crippen molar-refractivity contribution in [1.82, 2.24) is 9.55 Å². The molecule has 0 spiro atoms. The molecule has 144 valence electrons. The molecule has 0 amide bonds. The molecule has 0 atom stereocenters. The van der Waals surface area contributed by atoms with E-state index in [4.69, 9.17) is 4.98 Å². The van der Waals surface area contributed by atoms with Crippen molar-refractivity contribution in [1.29, 1.82) is 0 Å². The van der Waals surface area contributed by atoms with E-state index in [2.05, 4.69) is 6.58 Å². The van der Waals surface area contributed by atoms with Crippen LogP contribution in [0.15, 0.2) is 46.9 Å². The zero-order valence-electron chi connectivity index (χ0n) is 15.2. The summed E-state index contributed by atoms with van der Waals surface area (Å²) in [5.41, 5.74) is 1.12. The molecule has 0 radical (unpaired) electrons. The number of fused-ring (bicyclic) bond motifs is 3. The number of carbonyl (C=O) groups is 1. The fourth-order valence-corrected chi connectivity index (χ4v) is 5.71. The predicted molar refractivity (Wildman–Crippen MR) is 112 cm³/mol. The van der Waals surface area contributed by atoms with Crippen molar-refractivity contribution in [2.24, 2.45) is 0 Å². The number of aryl methyl sites for hydroxylation is 2. The molecule has 0 unspecified atom stereocenters. The summed E-state index contributed by atoms with van der Waals surface area (Å²) < 4.78 is 15.4. The molecule has 28 heavy (non-hydrogen) atoms. The highest BCUT2D eigenvalue weighted by Gasteiger charge is 2.22. The Morgan fingerprint density at radius 2 is 2.11 bits per heavy atom. The van der Waals surface area contributed by atoms with Gasteiger partial charge in [0.25, 0.3) is 5.56 Å². The number of nitrogens with zero attached hydrogens (tertiary/aromatic N) is 2. The number of benzene rings is 1. The monoisotopic (exact) mass is 414 g/mol. The van der Waals surface area contributed by atoms with Gasteiger partial charge in [0.15, 0.2) is 10.9 Å². The number of carbonyl (C=O) groups excluding carboxylic acids is 1. The SMILES string of the molecule is C=CCn1c(SCC(=O)c2ccccc2F)nc2sc3c(c2c1=O)CCCC3. The van der Waals surface area contributed by atoms with E-state index in [9.17, 15) is 14.0 Å².